The van der Waals surface area contributed by atoms with Gasteiger partial charge in [0.2, 0.25) is 0 Å². The van der Waals surface area contributed by atoms with Gasteiger partial charge >= 0.3 is 24.1 Å². The zero-order chi connectivity index (χ0) is 28.0. The largest absolute Gasteiger partial charge is 0.480 e. The maximum Gasteiger partial charge on any atom is 0.408 e. The molecule has 0 spiro atoms. The third-order valence-corrected chi connectivity index (χ3v) is 3.85. The van der Waals surface area contributed by atoms with Crippen LogP contribution in [-0.4, -0.2) is 68.4 Å². The molecule has 35 heavy (non-hydrogen) atoms. The second-order valence-electron chi connectivity index (χ2n) is 10.8. The molecule has 4 amide bonds. The number of aliphatic carboxylic acids is 1. The number of alkyl carbamates (subject to hydrolysis) is 2. The normalized spacial score (nSPS) is 14.4. The monoisotopic (exact) mass is 503 g/mol. The van der Waals surface area contributed by atoms with Crippen LogP contribution in [0.15, 0.2) is 0 Å². The zero-order valence-corrected chi connectivity index (χ0v) is 22.0. The van der Waals surface area contributed by atoms with Crippen LogP contribution in [0.2, 0.25) is 0 Å². The van der Waals surface area contributed by atoms with E-state index in [4.69, 9.17) is 19.4 Å². The van der Waals surface area contributed by atoms with Gasteiger partial charge in [-0.15, -0.1) is 5.06 Å². The fourth-order valence-electron chi connectivity index (χ4n) is 2.08. The maximum absolute atomic E-state index is 12.0. The Hall–Kier alpha value is -3.38. The number of carbonyl (C=O) groups excluding carboxylic acids is 5. The summed E-state index contributed by atoms with van der Waals surface area (Å²) < 4.78 is 9.94. The van der Waals surface area contributed by atoms with Gasteiger partial charge in [-0.3, -0.25) is 9.59 Å². The van der Waals surface area contributed by atoms with Crippen LogP contribution in [-0.2, 0) is 33.5 Å². The highest BCUT2D eigenvalue weighted by molar-refractivity contribution is 6.02. The zero-order valence-electron chi connectivity index (χ0n) is 22.0. The van der Waals surface area contributed by atoms with Crippen LogP contribution in [0, 0.1) is 0 Å². The van der Waals surface area contributed by atoms with Crippen molar-refractivity contribution in [3.05, 3.63) is 0 Å². The number of amides is 4. The van der Waals surface area contributed by atoms with Crippen LogP contribution in [0.3, 0.4) is 0 Å². The van der Waals surface area contributed by atoms with Crippen LogP contribution in [0.4, 0.5) is 9.59 Å². The number of nitrogens with one attached hydrogen (secondary N) is 2. The van der Waals surface area contributed by atoms with Crippen molar-refractivity contribution in [3.63, 3.8) is 0 Å². The van der Waals surface area contributed by atoms with E-state index < -0.39 is 58.2 Å². The summed E-state index contributed by atoms with van der Waals surface area (Å²) in [5, 5.41) is 13.7. The van der Waals surface area contributed by atoms with Crippen molar-refractivity contribution in [3.8, 4) is 0 Å². The Morgan fingerprint density at radius 1 is 0.714 bits per heavy atom. The highest BCUT2D eigenvalue weighted by Gasteiger charge is 2.39. The van der Waals surface area contributed by atoms with Crippen molar-refractivity contribution in [2.24, 2.45) is 0 Å². The number of rotatable bonds is 5. The quantitative estimate of drug-likeness (QED) is 0.471. The molecular formula is C22H37N3O10. The van der Waals surface area contributed by atoms with Crippen molar-refractivity contribution in [2.75, 3.05) is 0 Å². The van der Waals surface area contributed by atoms with E-state index in [9.17, 15) is 28.8 Å². The topological polar surface area (TPSA) is 178 Å². The summed E-state index contributed by atoms with van der Waals surface area (Å²) in [5.41, 5.74) is -4.11. The molecule has 0 atom stereocenters. The first-order chi connectivity index (χ1) is 15.5. The average molecular weight is 504 g/mol. The smallest absolute Gasteiger partial charge is 0.408 e. The predicted molar refractivity (Wildman–Crippen MR) is 122 cm³/mol. The number of carboxylic acids is 1. The SMILES string of the molecule is CC(C)(C)OC(=O)NC(C)(C)C(=O)O.CC(C)(C)OC(=O)NC(C)(C)C(=O)ON1C(=O)CCC1=O. The molecule has 1 fully saturated rings. The number of imide groups is 1. The number of hydrogen-bond donors (Lipinski definition) is 3. The first-order valence-electron chi connectivity index (χ1n) is 10.8. The number of nitrogens with zero attached hydrogens (tertiary/aromatic N) is 1. The highest BCUT2D eigenvalue weighted by atomic mass is 16.7. The third kappa shape index (κ3) is 12.1. The van der Waals surface area contributed by atoms with Crippen molar-refractivity contribution < 1.29 is 48.2 Å². The fraction of sp³-hybridized carbons (Fsp3) is 0.727. The first-order valence-corrected chi connectivity index (χ1v) is 10.8. The highest BCUT2D eigenvalue weighted by Crippen LogP contribution is 2.16. The van der Waals surface area contributed by atoms with Gasteiger partial charge in [0.05, 0.1) is 0 Å². The lowest BCUT2D eigenvalue weighted by atomic mass is 10.1. The Balaban J connectivity index is 0.000000720. The minimum Gasteiger partial charge on any atom is -0.480 e. The molecule has 0 saturated carbocycles. The molecule has 1 aliphatic heterocycles. The minimum absolute atomic E-state index is 0.00599. The molecule has 13 heteroatoms. The Kier molecular flexibility index (Phi) is 10.3. The van der Waals surface area contributed by atoms with Gasteiger partial charge in [0.25, 0.3) is 11.8 Å². The van der Waals surface area contributed by atoms with E-state index in [2.05, 4.69) is 10.6 Å². The van der Waals surface area contributed by atoms with E-state index in [-0.39, 0.29) is 12.8 Å². The van der Waals surface area contributed by atoms with Crippen molar-refractivity contribution in [1.29, 1.82) is 0 Å². The minimum atomic E-state index is -1.45. The molecule has 0 aromatic rings. The molecular weight excluding hydrogens is 466 g/mol. The summed E-state index contributed by atoms with van der Waals surface area (Å²) in [4.78, 5) is 73.0. The molecule has 1 saturated heterocycles. The van der Waals surface area contributed by atoms with E-state index in [1.165, 1.54) is 27.7 Å². The molecule has 0 aliphatic carbocycles. The molecule has 0 unspecified atom stereocenters. The second-order valence-corrected chi connectivity index (χ2v) is 10.8. The molecule has 13 nitrogen and oxygen atoms in total. The van der Waals surface area contributed by atoms with Gasteiger partial charge in [-0.05, 0) is 69.2 Å². The van der Waals surface area contributed by atoms with Gasteiger partial charge < -0.3 is 30.1 Å². The Morgan fingerprint density at radius 3 is 1.37 bits per heavy atom. The second kappa shape index (κ2) is 11.4. The summed E-state index contributed by atoms with van der Waals surface area (Å²) in [7, 11) is 0. The summed E-state index contributed by atoms with van der Waals surface area (Å²) in [6, 6.07) is 0. The summed E-state index contributed by atoms with van der Waals surface area (Å²) in [6.45, 7) is 15.7. The molecule has 200 valence electrons. The molecule has 3 N–H and O–H groups in total. The summed E-state index contributed by atoms with van der Waals surface area (Å²) in [5.74, 6) is -3.21. The third-order valence-electron chi connectivity index (χ3n) is 3.85. The van der Waals surface area contributed by atoms with Gasteiger partial charge in [0.15, 0.2) is 0 Å². The number of carbonyl (C=O) groups is 6. The molecule has 0 bridgehead atoms. The van der Waals surface area contributed by atoms with Crippen LogP contribution < -0.4 is 10.6 Å². The average Bonchev–Trinajstić information content (AvgIpc) is 2.89. The number of hydrogen-bond acceptors (Lipinski definition) is 9. The fourth-order valence-corrected chi connectivity index (χ4v) is 2.08. The number of ether oxygens (including phenoxy) is 2. The van der Waals surface area contributed by atoms with E-state index in [0.717, 1.165) is 0 Å². The molecule has 1 aliphatic rings. The van der Waals surface area contributed by atoms with E-state index in [0.29, 0.717) is 5.06 Å². The van der Waals surface area contributed by atoms with Crippen molar-refractivity contribution in [1.82, 2.24) is 15.7 Å². The van der Waals surface area contributed by atoms with Gasteiger partial charge in [0.1, 0.15) is 22.3 Å². The Labute approximate surface area is 204 Å². The number of carboxylic acid groups (broad SMARTS) is 1. The molecule has 0 radical (unpaired) electrons. The van der Waals surface area contributed by atoms with Crippen LogP contribution in [0.5, 0.6) is 0 Å². The van der Waals surface area contributed by atoms with E-state index in [1.54, 1.807) is 41.5 Å². The molecule has 1 rings (SSSR count). The van der Waals surface area contributed by atoms with Gasteiger partial charge in [-0.25, -0.2) is 19.2 Å². The Morgan fingerprint density at radius 2 is 1.06 bits per heavy atom. The van der Waals surface area contributed by atoms with E-state index >= 15 is 0 Å². The standard InChI is InChI=1S/C13H20N2O6.C9H17NO4/c1-12(2,3)20-11(19)14-13(4,5)10(18)21-15-8(16)6-7-9(15)17;1-8(2,3)14-7(13)10-9(4,5)6(11)12/h6-7H2,1-5H3,(H,14,19);1-5H3,(H,10,13)(H,11,12). The van der Waals surface area contributed by atoms with E-state index in [1.807, 2.05) is 0 Å². The summed E-state index contributed by atoms with van der Waals surface area (Å²) in [6.07, 6.45) is -1.52. The maximum atomic E-state index is 12.0. The predicted octanol–water partition coefficient (Wildman–Crippen LogP) is 2.27. The molecule has 1 heterocycles. The Bertz CT molecular complexity index is 835. The van der Waals surface area contributed by atoms with Crippen LogP contribution >= 0.6 is 0 Å². The molecule has 0 aromatic carbocycles. The summed E-state index contributed by atoms with van der Waals surface area (Å²) >= 11 is 0. The lowest BCUT2D eigenvalue weighted by Crippen LogP contribution is -2.53. The molecule has 0 aromatic heterocycles. The van der Waals surface area contributed by atoms with Crippen LogP contribution in [0.25, 0.3) is 0 Å². The van der Waals surface area contributed by atoms with Gasteiger partial charge in [-0.1, -0.05) is 0 Å². The first kappa shape index (κ1) is 31.6. The number of hydroxylamine groups is 2. The van der Waals surface area contributed by atoms with Gasteiger partial charge in [-0.2, -0.15) is 0 Å². The lowest BCUT2D eigenvalue weighted by Gasteiger charge is -2.27. The van der Waals surface area contributed by atoms with Gasteiger partial charge in [0, 0.05) is 12.8 Å². The lowest BCUT2D eigenvalue weighted by molar-refractivity contribution is -0.201. The van der Waals surface area contributed by atoms with Crippen molar-refractivity contribution >= 4 is 35.9 Å². The van der Waals surface area contributed by atoms with Crippen LogP contribution in [0.1, 0.15) is 82.1 Å². The van der Waals surface area contributed by atoms with Crippen molar-refractivity contribution in [2.45, 2.75) is 104 Å².